The van der Waals surface area contributed by atoms with Crippen molar-refractivity contribution in [3.63, 3.8) is 0 Å². The smallest absolute Gasteiger partial charge is 0.255 e. The first kappa shape index (κ1) is 14.7. The van der Waals surface area contributed by atoms with Crippen LogP contribution in [0.5, 0.6) is 0 Å². The van der Waals surface area contributed by atoms with Crippen LogP contribution in [0.1, 0.15) is 16.8 Å². The van der Waals surface area contributed by atoms with Gasteiger partial charge < -0.3 is 15.7 Å². The van der Waals surface area contributed by atoms with Crippen LogP contribution < -0.4 is 10.6 Å². The zero-order valence-electron chi connectivity index (χ0n) is 11.8. The van der Waals surface area contributed by atoms with Gasteiger partial charge >= 0.3 is 0 Å². The van der Waals surface area contributed by atoms with Gasteiger partial charge in [0, 0.05) is 12.1 Å². The van der Waals surface area contributed by atoms with Gasteiger partial charge in [0.1, 0.15) is 5.82 Å². The molecule has 1 saturated heterocycles. The standard InChI is InChI=1S/C15H17FN4O2/c16-10-3-1-2-9(6-10)14-11(7-18-20-14)15(22)19-12-8-17-5-4-13(12)21/h1-3,6-7,12-13,17,21H,4-5,8H2,(H,18,20)(H,19,22)/t12-,13-/m1/s1. The molecular weight excluding hydrogens is 287 g/mol. The van der Waals surface area contributed by atoms with Crippen molar-refractivity contribution >= 4 is 5.91 Å². The first-order valence-electron chi connectivity index (χ1n) is 7.14. The Labute approximate surface area is 126 Å². The van der Waals surface area contributed by atoms with Crippen LogP contribution in [-0.2, 0) is 0 Å². The molecule has 22 heavy (non-hydrogen) atoms. The molecule has 1 aromatic carbocycles. The average molecular weight is 304 g/mol. The number of H-pyrrole nitrogens is 1. The molecule has 1 aliphatic heterocycles. The third-order valence-corrected chi connectivity index (χ3v) is 3.76. The van der Waals surface area contributed by atoms with Crippen molar-refractivity contribution in [3.05, 3.63) is 41.8 Å². The SMILES string of the molecule is O=C(N[C@@H]1CNCC[C@H]1O)c1cn[nH]c1-c1cccc(F)c1. The Morgan fingerprint density at radius 1 is 1.45 bits per heavy atom. The molecular formula is C15H17FN4O2. The number of rotatable bonds is 3. The Balaban J connectivity index is 1.80. The predicted molar refractivity (Wildman–Crippen MR) is 78.7 cm³/mol. The topological polar surface area (TPSA) is 90.0 Å². The van der Waals surface area contributed by atoms with Crippen molar-refractivity contribution < 1.29 is 14.3 Å². The van der Waals surface area contributed by atoms with E-state index in [0.29, 0.717) is 29.8 Å². The molecule has 1 amide bonds. The number of amides is 1. The Bertz CT molecular complexity index is 673. The summed E-state index contributed by atoms with van der Waals surface area (Å²) in [5.74, 6) is -0.730. The second-order valence-electron chi connectivity index (χ2n) is 5.31. The van der Waals surface area contributed by atoms with Gasteiger partial charge in [-0.2, -0.15) is 5.10 Å². The molecule has 2 heterocycles. The summed E-state index contributed by atoms with van der Waals surface area (Å²) in [4.78, 5) is 12.4. The Kier molecular flexibility index (Phi) is 4.17. The summed E-state index contributed by atoms with van der Waals surface area (Å²) in [6.45, 7) is 1.24. The summed E-state index contributed by atoms with van der Waals surface area (Å²) in [5, 5.41) is 22.4. The number of hydrogen-bond donors (Lipinski definition) is 4. The Morgan fingerprint density at radius 3 is 3.09 bits per heavy atom. The Morgan fingerprint density at radius 2 is 2.32 bits per heavy atom. The third kappa shape index (κ3) is 3.00. The molecule has 1 aliphatic rings. The molecule has 1 fully saturated rings. The molecule has 6 nitrogen and oxygen atoms in total. The van der Waals surface area contributed by atoms with E-state index in [1.807, 2.05) is 0 Å². The minimum absolute atomic E-state index is 0.323. The second kappa shape index (κ2) is 6.25. The number of carbonyl (C=O) groups is 1. The number of nitrogens with one attached hydrogen (secondary N) is 3. The van der Waals surface area contributed by atoms with Crippen LogP contribution in [0, 0.1) is 5.82 Å². The van der Waals surface area contributed by atoms with Crippen LogP contribution in [0.4, 0.5) is 4.39 Å². The maximum atomic E-state index is 13.3. The second-order valence-corrected chi connectivity index (χ2v) is 5.31. The highest BCUT2D eigenvalue weighted by Crippen LogP contribution is 2.22. The molecule has 0 spiro atoms. The number of aliphatic hydroxyl groups is 1. The summed E-state index contributed by atoms with van der Waals surface area (Å²) in [7, 11) is 0. The lowest BCUT2D eigenvalue weighted by Gasteiger charge is -2.29. The molecule has 0 radical (unpaired) electrons. The molecule has 2 aromatic rings. The fourth-order valence-corrected chi connectivity index (χ4v) is 2.56. The number of piperidine rings is 1. The number of benzene rings is 1. The number of aromatic amines is 1. The minimum Gasteiger partial charge on any atom is -0.391 e. The molecule has 2 atom stereocenters. The van der Waals surface area contributed by atoms with Gasteiger partial charge in [-0.25, -0.2) is 4.39 Å². The largest absolute Gasteiger partial charge is 0.391 e. The highest BCUT2D eigenvalue weighted by atomic mass is 19.1. The summed E-state index contributed by atoms with van der Waals surface area (Å²) >= 11 is 0. The van der Waals surface area contributed by atoms with E-state index >= 15 is 0 Å². The summed E-state index contributed by atoms with van der Waals surface area (Å²) in [6.07, 6.45) is 1.42. The first-order valence-corrected chi connectivity index (χ1v) is 7.14. The van der Waals surface area contributed by atoms with Crippen molar-refractivity contribution in [1.82, 2.24) is 20.8 Å². The minimum atomic E-state index is -0.574. The first-order chi connectivity index (χ1) is 10.6. The molecule has 3 rings (SSSR count). The van der Waals surface area contributed by atoms with E-state index in [4.69, 9.17) is 0 Å². The summed E-state index contributed by atoms with van der Waals surface area (Å²) in [5.41, 5.74) is 1.32. The van der Waals surface area contributed by atoms with E-state index in [2.05, 4.69) is 20.8 Å². The van der Waals surface area contributed by atoms with Gasteiger partial charge in [-0.1, -0.05) is 12.1 Å². The zero-order chi connectivity index (χ0) is 15.5. The van der Waals surface area contributed by atoms with Crippen LogP contribution in [0.25, 0.3) is 11.3 Å². The average Bonchev–Trinajstić information content (AvgIpc) is 2.99. The fraction of sp³-hybridized carbons (Fsp3) is 0.333. The van der Waals surface area contributed by atoms with Crippen LogP contribution in [0.15, 0.2) is 30.5 Å². The van der Waals surface area contributed by atoms with Gasteiger partial charge in [0.05, 0.1) is 29.6 Å². The zero-order valence-corrected chi connectivity index (χ0v) is 11.8. The number of carbonyl (C=O) groups excluding carboxylic acids is 1. The molecule has 0 saturated carbocycles. The van der Waals surface area contributed by atoms with E-state index in [-0.39, 0.29) is 17.8 Å². The van der Waals surface area contributed by atoms with Crippen LogP contribution in [0.3, 0.4) is 0 Å². The van der Waals surface area contributed by atoms with Gasteiger partial charge in [0.15, 0.2) is 0 Å². The lowest BCUT2D eigenvalue weighted by molar-refractivity contribution is 0.0755. The van der Waals surface area contributed by atoms with Crippen LogP contribution in [0.2, 0.25) is 0 Å². The van der Waals surface area contributed by atoms with Gasteiger partial charge in [-0.05, 0) is 25.1 Å². The number of hydrogen-bond acceptors (Lipinski definition) is 4. The molecule has 1 aromatic heterocycles. The number of halogens is 1. The van der Waals surface area contributed by atoms with E-state index in [9.17, 15) is 14.3 Å². The Hall–Kier alpha value is -2.25. The summed E-state index contributed by atoms with van der Waals surface area (Å²) < 4.78 is 13.3. The van der Waals surface area contributed by atoms with E-state index in [1.165, 1.54) is 18.3 Å². The van der Waals surface area contributed by atoms with Crippen molar-refractivity contribution in [1.29, 1.82) is 0 Å². The molecule has 4 N–H and O–H groups in total. The molecule has 116 valence electrons. The van der Waals surface area contributed by atoms with Crippen molar-refractivity contribution in [3.8, 4) is 11.3 Å². The molecule has 7 heteroatoms. The van der Waals surface area contributed by atoms with E-state index in [0.717, 1.165) is 6.54 Å². The lowest BCUT2D eigenvalue weighted by atomic mass is 10.0. The summed E-state index contributed by atoms with van der Waals surface area (Å²) in [6, 6.07) is 5.59. The monoisotopic (exact) mass is 304 g/mol. The fourth-order valence-electron chi connectivity index (χ4n) is 2.56. The van der Waals surface area contributed by atoms with Gasteiger partial charge in [0.2, 0.25) is 0 Å². The maximum absolute atomic E-state index is 13.3. The quantitative estimate of drug-likeness (QED) is 0.671. The predicted octanol–water partition coefficient (Wildman–Crippen LogP) is 0.668. The highest BCUT2D eigenvalue weighted by Gasteiger charge is 2.26. The normalized spacial score (nSPS) is 21.5. The molecule has 0 aliphatic carbocycles. The third-order valence-electron chi connectivity index (χ3n) is 3.76. The number of aliphatic hydroxyl groups excluding tert-OH is 1. The van der Waals surface area contributed by atoms with Crippen molar-refractivity contribution in [2.45, 2.75) is 18.6 Å². The van der Waals surface area contributed by atoms with Gasteiger partial charge in [-0.3, -0.25) is 9.89 Å². The van der Waals surface area contributed by atoms with Crippen molar-refractivity contribution in [2.75, 3.05) is 13.1 Å². The highest BCUT2D eigenvalue weighted by molar-refractivity contribution is 5.99. The maximum Gasteiger partial charge on any atom is 0.255 e. The molecule has 0 unspecified atom stereocenters. The number of nitrogens with zero attached hydrogens (tertiary/aromatic N) is 1. The lowest BCUT2D eigenvalue weighted by Crippen LogP contribution is -2.53. The van der Waals surface area contributed by atoms with Crippen molar-refractivity contribution in [2.24, 2.45) is 0 Å². The van der Waals surface area contributed by atoms with Gasteiger partial charge in [-0.15, -0.1) is 0 Å². The van der Waals surface area contributed by atoms with Crippen LogP contribution in [-0.4, -0.2) is 46.4 Å². The number of aromatic nitrogens is 2. The van der Waals surface area contributed by atoms with E-state index < -0.39 is 6.10 Å². The van der Waals surface area contributed by atoms with Gasteiger partial charge in [0.25, 0.3) is 5.91 Å². The molecule has 0 bridgehead atoms. The van der Waals surface area contributed by atoms with Crippen LogP contribution >= 0.6 is 0 Å². The van der Waals surface area contributed by atoms with E-state index in [1.54, 1.807) is 12.1 Å².